The predicted molar refractivity (Wildman–Crippen MR) is 97.3 cm³/mol. The third-order valence-corrected chi connectivity index (χ3v) is 5.11. The number of fused-ring (bicyclic) bond motifs is 1. The van der Waals surface area contributed by atoms with Crippen LogP contribution in [0.1, 0.15) is 0 Å². The van der Waals surface area contributed by atoms with Gasteiger partial charge in [0.1, 0.15) is 16.8 Å². The van der Waals surface area contributed by atoms with Crippen molar-refractivity contribution in [1.82, 2.24) is 9.55 Å². The summed E-state index contributed by atoms with van der Waals surface area (Å²) in [5, 5.41) is 10.1. The lowest BCUT2D eigenvalue weighted by Crippen LogP contribution is -2.17. The molecule has 2 aromatic heterocycles. The van der Waals surface area contributed by atoms with Gasteiger partial charge in [0, 0.05) is 9.90 Å². The van der Waals surface area contributed by atoms with Crippen LogP contribution in [0.15, 0.2) is 65.7 Å². The molecule has 0 amide bonds. The highest BCUT2D eigenvalue weighted by atomic mass is 35.5. The van der Waals surface area contributed by atoms with E-state index in [-0.39, 0.29) is 11.3 Å². The Bertz CT molecular complexity index is 1080. The van der Waals surface area contributed by atoms with Crippen LogP contribution >= 0.6 is 22.9 Å². The van der Waals surface area contributed by atoms with Crippen molar-refractivity contribution < 1.29 is 5.11 Å². The number of benzene rings is 2. The van der Waals surface area contributed by atoms with Crippen molar-refractivity contribution in [3.05, 3.63) is 76.3 Å². The molecule has 0 spiro atoms. The summed E-state index contributed by atoms with van der Waals surface area (Å²) in [6.45, 7) is 0. The summed E-state index contributed by atoms with van der Waals surface area (Å²) in [4.78, 5) is 18.1. The van der Waals surface area contributed by atoms with Crippen molar-refractivity contribution in [3.8, 4) is 21.9 Å². The topological polar surface area (TPSA) is 55.1 Å². The Labute approximate surface area is 146 Å². The van der Waals surface area contributed by atoms with E-state index in [0.717, 1.165) is 10.4 Å². The highest BCUT2D eigenvalue weighted by Crippen LogP contribution is 2.31. The third kappa shape index (κ3) is 2.58. The molecule has 2 aromatic carbocycles. The average molecular weight is 355 g/mol. The molecule has 4 nitrogen and oxygen atoms in total. The van der Waals surface area contributed by atoms with Gasteiger partial charge in [-0.1, -0.05) is 23.7 Å². The fourth-order valence-electron chi connectivity index (χ4n) is 2.47. The Hall–Kier alpha value is -2.63. The summed E-state index contributed by atoms with van der Waals surface area (Å²) in [6.07, 6.45) is 1.51. The van der Waals surface area contributed by atoms with Crippen LogP contribution in [0.5, 0.6) is 5.75 Å². The monoisotopic (exact) mass is 354 g/mol. The number of phenolic OH excluding ortho intramolecular Hbond substituents is 1. The summed E-state index contributed by atoms with van der Waals surface area (Å²) in [7, 11) is 0. The second-order valence-electron chi connectivity index (χ2n) is 5.27. The van der Waals surface area contributed by atoms with Gasteiger partial charge in [-0.25, -0.2) is 4.98 Å². The molecule has 0 aliphatic rings. The lowest BCUT2D eigenvalue weighted by molar-refractivity contribution is 0.475. The molecule has 24 heavy (non-hydrogen) atoms. The molecule has 4 aromatic rings. The molecule has 0 saturated heterocycles. The molecule has 118 valence electrons. The van der Waals surface area contributed by atoms with Gasteiger partial charge in [-0.15, -0.1) is 11.3 Å². The van der Waals surface area contributed by atoms with Crippen molar-refractivity contribution in [1.29, 1.82) is 0 Å². The van der Waals surface area contributed by atoms with Gasteiger partial charge in [-0.3, -0.25) is 9.36 Å². The van der Waals surface area contributed by atoms with Crippen molar-refractivity contribution in [3.63, 3.8) is 0 Å². The number of rotatable bonds is 2. The zero-order valence-electron chi connectivity index (χ0n) is 12.3. The number of nitrogens with zero attached hydrogens (tertiary/aromatic N) is 2. The molecule has 0 saturated carbocycles. The van der Waals surface area contributed by atoms with Crippen LogP contribution in [-0.2, 0) is 0 Å². The molecule has 0 aliphatic carbocycles. The van der Waals surface area contributed by atoms with Crippen molar-refractivity contribution in [2.24, 2.45) is 0 Å². The maximum Gasteiger partial charge on any atom is 0.275 e. The maximum atomic E-state index is 12.8. The minimum Gasteiger partial charge on any atom is -0.508 e. The summed E-state index contributed by atoms with van der Waals surface area (Å²) >= 11 is 7.33. The van der Waals surface area contributed by atoms with Crippen LogP contribution in [0.25, 0.3) is 26.3 Å². The van der Waals surface area contributed by atoms with E-state index in [4.69, 9.17) is 11.6 Å². The predicted octanol–water partition coefficient (Wildman–Crippen LogP) is 4.47. The van der Waals surface area contributed by atoms with Gasteiger partial charge in [0.05, 0.1) is 11.2 Å². The fourth-order valence-corrected chi connectivity index (χ4v) is 3.64. The molecule has 0 atom stereocenters. The van der Waals surface area contributed by atoms with E-state index >= 15 is 0 Å². The fraction of sp³-hybridized carbons (Fsp3) is 0. The van der Waals surface area contributed by atoms with Crippen LogP contribution in [0, 0.1) is 0 Å². The van der Waals surface area contributed by atoms with E-state index in [1.165, 1.54) is 22.2 Å². The average Bonchev–Trinajstić information content (AvgIpc) is 3.02. The van der Waals surface area contributed by atoms with Crippen molar-refractivity contribution in [2.75, 3.05) is 0 Å². The number of aromatic nitrogens is 2. The zero-order valence-corrected chi connectivity index (χ0v) is 13.9. The van der Waals surface area contributed by atoms with Crippen LogP contribution < -0.4 is 5.56 Å². The van der Waals surface area contributed by atoms with Gasteiger partial charge in [0.2, 0.25) is 0 Å². The van der Waals surface area contributed by atoms with Crippen molar-refractivity contribution in [2.45, 2.75) is 0 Å². The quantitative estimate of drug-likeness (QED) is 0.577. The van der Waals surface area contributed by atoms with Gasteiger partial charge in [0.15, 0.2) is 0 Å². The van der Waals surface area contributed by atoms with Crippen LogP contribution in [0.2, 0.25) is 5.02 Å². The Morgan fingerprint density at radius 1 is 1.04 bits per heavy atom. The lowest BCUT2D eigenvalue weighted by atomic mass is 10.2. The third-order valence-electron chi connectivity index (χ3n) is 3.69. The second kappa shape index (κ2) is 5.78. The van der Waals surface area contributed by atoms with E-state index in [2.05, 4.69) is 4.98 Å². The Morgan fingerprint density at radius 3 is 2.46 bits per heavy atom. The van der Waals surface area contributed by atoms with Crippen LogP contribution in [-0.4, -0.2) is 14.7 Å². The number of phenols is 1. The molecular formula is C18H11ClN2O2S. The molecule has 4 rings (SSSR count). The summed E-state index contributed by atoms with van der Waals surface area (Å²) in [5.41, 5.74) is 2.20. The molecule has 0 bridgehead atoms. The first-order chi connectivity index (χ1) is 11.6. The first-order valence-corrected chi connectivity index (χ1v) is 8.38. The normalized spacial score (nSPS) is 11.0. The summed E-state index contributed by atoms with van der Waals surface area (Å²) < 4.78 is 2.07. The summed E-state index contributed by atoms with van der Waals surface area (Å²) in [6, 6.07) is 15.8. The van der Waals surface area contributed by atoms with Crippen LogP contribution in [0.4, 0.5) is 0 Å². The van der Waals surface area contributed by atoms with Crippen molar-refractivity contribution >= 4 is 33.2 Å². The van der Waals surface area contributed by atoms with Gasteiger partial charge < -0.3 is 5.11 Å². The highest BCUT2D eigenvalue weighted by Gasteiger charge is 2.11. The standard InChI is InChI=1S/C18H11ClN2O2S/c19-12-3-1-11(2-4-12)16-9-15-17(24-16)18(23)21(10-20-15)13-5-7-14(22)8-6-13/h1-10,22H. The molecule has 0 unspecified atom stereocenters. The number of halogens is 1. The molecule has 0 fully saturated rings. The van der Waals surface area contributed by atoms with E-state index in [1.54, 1.807) is 24.3 Å². The molecule has 1 N–H and O–H groups in total. The number of hydrogen-bond acceptors (Lipinski definition) is 4. The molecule has 0 aliphatic heterocycles. The van der Waals surface area contributed by atoms with E-state index in [0.29, 0.717) is 20.9 Å². The van der Waals surface area contributed by atoms with E-state index in [9.17, 15) is 9.90 Å². The first kappa shape index (κ1) is 14.9. The Morgan fingerprint density at radius 2 is 1.75 bits per heavy atom. The minimum absolute atomic E-state index is 0.129. The Balaban J connectivity index is 1.86. The Kier molecular flexibility index (Phi) is 3.59. The second-order valence-corrected chi connectivity index (χ2v) is 6.76. The number of thiophene rings is 1. The van der Waals surface area contributed by atoms with E-state index in [1.807, 2.05) is 30.3 Å². The summed E-state index contributed by atoms with van der Waals surface area (Å²) in [5.74, 6) is 0.155. The van der Waals surface area contributed by atoms with Gasteiger partial charge in [-0.05, 0) is 48.0 Å². The SMILES string of the molecule is O=c1c2sc(-c3ccc(Cl)cc3)cc2ncn1-c1ccc(O)cc1. The molecule has 0 radical (unpaired) electrons. The van der Waals surface area contributed by atoms with Gasteiger partial charge in [0.25, 0.3) is 5.56 Å². The number of aromatic hydroxyl groups is 1. The smallest absolute Gasteiger partial charge is 0.275 e. The molecule has 6 heteroatoms. The molecular weight excluding hydrogens is 344 g/mol. The maximum absolute atomic E-state index is 12.8. The van der Waals surface area contributed by atoms with Gasteiger partial charge in [-0.2, -0.15) is 0 Å². The number of hydrogen-bond donors (Lipinski definition) is 1. The largest absolute Gasteiger partial charge is 0.508 e. The zero-order chi connectivity index (χ0) is 16.7. The first-order valence-electron chi connectivity index (χ1n) is 7.18. The van der Waals surface area contributed by atoms with Gasteiger partial charge >= 0.3 is 0 Å². The minimum atomic E-state index is -0.129. The highest BCUT2D eigenvalue weighted by molar-refractivity contribution is 7.22. The van der Waals surface area contributed by atoms with Crippen LogP contribution in [0.3, 0.4) is 0 Å². The lowest BCUT2D eigenvalue weighted by Gasteiger charge is -2.04. The van der Waals surface area contributed by atoms with E-state index < -0.39 is 0 Å². The molecule has 2 heterocycles.